The molecule has 1 saturated carbocycles. The van der Waals surface area contributed by atoms with Crippen LogP contribution in [0.15, 0.2) is 12.3 Å². The summed E-state index contributed by atoms with van der Waals surface area (Å²) in [5, 5.41) is 0. The predicted octanol–water partition coefficient (Wildman–Crippen LogP) is 1.87. The van der Waals surface area contributed by atoms with Crippen LogP contribution in [0.25, 0.3) is 0 Å². The van der Waals surface area contributed by atoms with Gasteiger partial charge in [0.25, 0.3) is 0 Å². The third-order valence-corrected chi connectivity index (χ3v) is 3.98. The number of nitrogens with two attached hydrogens (primary N) is 1. The van der Waals surface area contributed by atoms with E-state index in [2.05, 4.69) is 18.8 Å². The van der Waals surface area contributed by atoms with E-state index in [1.54, 1.807) is 20.4 Å². The van der Waals surface area contributed by atoms with Gasteiger partial charge in [-0.25, -0.2) is 4.98 Å². The van der Waals surface area contributed by atoms with Crippen LogP contribution in [0.3, 0.4) is 0 Å². The van der Waals surface area contributed by atoms with Gasteiger partial charge in [-0.15, -0.1) is 0 Å². The molecule has 0 unspecified atom stereocenters. The lowest BCUT2D eigenvalue weighted by molar-refractivity contribution is 0.343. The minimum absolute atomic E-state index is 0.132. The number of ether oxygens (including phenoxy) is 2. The maximum Gasteiger partial charge on any atom is 0.213 e. The summed E-state index contributed by atoms with van der Waals surface area (Å²) in [6.07, 6.45) is 3.79. The van der Waals surface area contributed by atoms with Crippen molar-refractivity contribution in [1.29, 1.82) is 0 Å². The lowest BCUT2D eigenvalue weighted by Crippen LogP contribution is -2.43. The molecule has 1 heterocycles. The number of pyridine rings is 1. The van der Waals surface area contributed by atoms with E-state index < -0.39 is 0 Å². The van der Waals surface area contributed by atoms with E-state index in [1.165, 1.54) is 0 Å². The van der Waals surface area contributed by atoms with E-state index in [9.17, 15) is 0 Å². The van der Waals surface area contributed by atoms with Crippen LogP contribution >= 0.6 is 0 Å². The molecule has 0 radical (unpaired) electrons. The van der Waals surface area contributed by atoms with Crippen LogP contribution in [0, 0.1) is 0 Å². The zero-order chi connectivity index (χ0) is 12.7. The normalized spacial score (nSPS) is 17.7. The summed E-state index contributed by atoms with van der Waals surface area (Å²) in [5.74, 6) is 1.37. The molecule has 1 aliphatic rings. The van der Waals surface area contributed by atoms with Crippen LogP contribution in [0.5, 0.6) is 11.6 Å². The molecule has 1 aromatic rings. The average Bonchev–Trinajstić information content (AvgIpc) is 3.08. The molecule has 0 spiro atoms. The SMILES string of the molecule is COc1cc(C(C)(C)C2(N)CC2)c(OC)cn1. The maximum absolute atomic E-state index is 6.35. The zero-order valence-electron chi connectivity index (χ0n) is 10.9. The minimum Gasteiger partial charge on any atom is -0.495 e. The van der Waals surface area contributed by atoms with E-state index >= 15 is 0 Å². The molecule has 1 fully saturated rings. The van der Waals surface area contributed by atoms with Crippen LogP contribution in [0.2, 0.25) is 0 Å². The highest BCUT2D eigenvalue weighted by molar-refractivity contribution is 5.44. The molecule has 0 bridgehead atoms. The van der Waals surface area contributed by atoms with E-state index in [0.717, 1.165) is 24.2 Å². The van der Waals surface area contributed by atoms with Gasteiger partial charge in [0.1, 0.15) is 5.75 Å². The topological polar surface area (TPSA) is 57.4 Å². The first-order valence-corrected chi connectivity index (χ1v) is 5.82. The first-order chi connectivity index (χ1) is 7.94. The fourth-order valence-corrected chi connectivity index (χ4v) is 2.21. The van der Waals surface area contributed by atoms with Crippen molar-refractivity contribution in [2.75, 3.05) is 14.2 Å². The van der Waals surface area contributed by atoms with Crippen molar-refractivity contribution in [3.05, 3.63) is 17.8 Å². The summed E-state index contributed by atoms with van der Waals surface area (Å²) < 4.78 is 10.6. The third kappa shape index (κ3) is 1.86. The summed E-state index contributed by atoms with van der Waals surface area (Å²) in [6, 6.07) is 1.92. The van der Waals surface area contributed by atoms with Gasteiger partial charge in [0.15, 0.2) is 0 Å². The summed E-state index contributed by atoms with van der Waals surface area (Å²) >= 11 is 0. The van der Waals surface area contributed by atoms with Crippen molar-refractivity contribution >= 4 is 0 Å². The van der Waals surface area contributed by atoms with Crippen molar-refractivity contribution < 1.29 is 9.47 Å². The Morgan fingerprint density at radius 2 is 1.94 bits per heavy atom. The summed E-state index contributed by atoms with van der Waals surface area (Å²) in [5.41, 5.74) is 7.14. The van der Waals surface area contributed by atoms with Gasteiger partial charge in [-0.3, -0.25) is 0 Å². The minimum atomic E-state index is -0.144. The lowest BCUT2D eigenvalue weighted by Gasteiger charge is -2.33. The third-order valence-electron chi connectivity index (χ3n) is 3.98. The summed E-state index contributed by atoms with van der Waals surface area (Å²) in [4.78, 5) is 4.16. The monoisotopic (exact) mass is 236 g/mol. The highest BCUT2D eigenvalue weighted by atomic mass is 16.5. The van der Waals surface area contributed by atoms with Crippen molar-refractivity contribution in [2.24, 2.45) is 5.73 Å². The average molecular weight is 236 g/mol. The number of nitrogens with zero attached hydrogens (tertiary/aromatic N) is 1. The van der Waals surface area contributed by atoms with Crippen LogP contribution in [-0.2, 0) is 5.41 Å². The van der Waals surface area contributed by atoms with Gasteiger partial charge in [-0.1, -0.05) is 13.8 Å². The molecule has 2 N–H and O–H groups in total. The maximum atomic E-state index is 6.35. The number of methoxy groups -OCH3 is 2. The standard InChI is InChI=1S/C13H20N2O2/c1-12(2,13(14)5-6-13)9-7-11(17-4)15-8-10(9)16-3/h7-8H,5-6,14H2,1-4H3. The van der Waals surface area contributed by atoms with Gasteiger partial charge in [-0.2, -0.15) is 0 Å². The number of aromatic nitrogens is 1. The molecule has 17 heavy (non-hydrogen) atoms. The number of hydrogen-bond donors (Lipinski definition) is 1. The second-order valence-electron chi connectivity index (χ2n) is 5.21. The molecular formula is C13H20N2O2. The lowest BCUT2D eigenvalue weighted by atomic mass is 9.76. The molecule has 2 rings (SSSR count). The van der Waals surface area contributed by atoms with Gasteiger partial charge >= 0.3 is 0 Å². The molecule has 94 valence electrons. The quantitative estimate of drug-likeness (QED) is 0.867. The summed E-state index contributed by atoms with van der Waals surface area (Å²) in [6.45, 7) is 4.30. The first-order valence-electron chi connectivity index (χ1n) is 5.82. The Kier molecular flexibility index (Phi) is 2.78. The molecule has 4 nitrogen and oxygen atoms in total. The Morgan fingerprint density at radius 1 is 1.29 bits per heavy atom. The Balaban J connectivity index is 2.48. The molecule has 4 heteroatoms. The van der Waals surface area contributed by atoms with E-state index in [-0.39, 0.29) is 11.0 Å². The fourth-order valence-electron chi connectivity index (χ4n) is 2.21. The van der Waals surface area contributed by atoms with E-state index in [0.29, 0.717) is 5.88 Å². The molecule has 0 aliphatic heterocycles. The molecule has 1 aromatic heterocycles. The summed E-state index contributed by atoms with van der Waals surface area (Å²) in [7, 11) is 3.26. The van der Waals surface area contributed by atoms with Crippen molar-refractivity contribution in [2.45, 2.75) is 37.6 Å². The fraction of sp³-hybridized carbons (Fsp3) is 0.615. The zero-order valence-corrected chi connectivity index (χ0v) is 10.9. The second-order valence-corrected chi connectivity index (χ2v) is 5.21. The molecule has 0 amide bonds. The van der Waals surface area contributed by atoms with Crippen molar-refractivity contribution in [3.8, 4) is 11.6 Å². The Labute approximate surface area is 102 Å². The van der Waals surface area contributed by atoms with E-state index in [1.807, 2.05) is 6.07 Å². The van der Waals surface area contributed by atoms with Crippen LogP contribution in [0.1, 0.15) is 32.3 Å². The molecule has 0 aromatic carbocycles. The first kappa shape index (κ1) is 12.2. The molecule has 1 aliphatic carbocycles. The van der Waals surface area contributed by atoms with Crippen LogP contribution in [-0.4, -0.2) is 24.7 Å². The smallest absolute Gasteiger partial charge is 0.213 e. The van der Waals surface area contributed by atoms with Crippen LogP contribution in [0.4, 0.5) is 0 Å². The predicted molar refractivity (Wildman–Crippen MR) is 66.5 cm³/mol. The molecule has 0 atom stereocenters. The molecule has 0 saturated heterocycles. The highest BCUT2D eigenvalue weighted by Crippen LogP contribution is 2.51. The van der Waals surface area contributed by atoms with E-state index in [4.69, 9.17) is 15.2 Å². The molecular weight excluding hydrogens is 216 g/mol. The number of hydrogen-bond acceptors (Lipinski definition) is 4. The van der Waals surface area contributed by atoms with Crippen LogP contribution < -0.4 is 15.2 Å². The Hall–Kier alpha value is -1.29. The van der Waals surface area contributed by atoms with Gasteiger partial charge in [0.05, 0.1) is 20.4 Å². The van der Waals surface area contributed by atoms with Gasteiger partial charge in [0, 0.05) is 22.6 Å². The van der Waals surface area contributed by atoms with Crippen molar-refractivity contribution in [1.82, 2.24) is 4.98 Å². The van der Waals surface area contributed by atoms with Gasteiger partial charge in [0.2, 0.25) is 5.88 Å². The number of rotatable bonds is 4. The highest BCUT2D eigenvalue weighted by Gasteiger charge is 2.53. The van der Waals surface area contributed by atoms with Gasteiger partial charge in [-0.05, 0) is 12.8 Å². The largest absolute Gasteiger partial charge is 0.495 e. The van der Waals surface area contributed by atoms with Crippen molar-refractivity contribution in [3.63, 3.8) is 0 Å². The Bertz CT molecular complexity index is 425. The second kappa shape index (κ2) is 3.88. The van der Waals surface area contributed by atoms with Gasteiger partial charge < -0.3 is 15.2 Å². The Morgan fingerprint density at radius 3 is 2.41 bits per heavy atom.